The number of rotatable bonds is 16. The molecule has 0 spiro atoms. The van der Waals surface area contributed by atoms with Crippen LogP contribution in [0.15, 0.2) is 49.1 Å². The Morgan fingerprint density at radius 1 is 0.980 bits per heavy atom. The van der Waals surface area contributed by atoms with Crippen LogP contribution in [0.1, 0.15) is 77.5 Å². The second kappa shape index (κ2) is 17.8. The van der Waals surface area contributed by atoms with Crippen molar-refractivity contribution in [3.8, 4) is 17.2 Å². The molecule has 1 aliphatic heterocycles. The number of hydrogen-bond acceptors (Lipinski definition) is 11. The molecule has 1 fully saturated rings. The molecule has 1 amide bonds. The number of hydrogen-bond donors (Lipinski definition) is 0. The zero-order valence-electron chi connectivity index (χ0n) is 30.4. The van der Waals surface area contributed by atoms with Crippen LogP contribution in [0.2, 0.25) is 0 Å². The van der Waals surface area contributed by atoms with Crippen molar-refractivity contribution in [2.75, 3.05) is 34.0 Å². The monoisotopic (exact) mass is 713 g/mol. The summed E-state index contributed by atoms with van der Waals surface area (Å²) in [6.45, 7) is 10.7. The van der Waals surface area contributed by atoms with Crippen LogP contribution in [-0.2, 0) is 44.6 Å². The molecule has 278 valence electrons. The molecule has 0 bridgehead atoms. The molecule has 2 aromatic carbocycles. The third-order valence-corrected chi connectivity index (χ3v) is 8.08. The molecule has 0 unspecified atom stereocenters. The van der Waals surface area contributed by atoms with Gasteiger partial charge >= 0.3 is 17.9 Å². The number of likely N-dealkylation sites (tertiary alicyclic amines) is 1. The molecule has 13 heteroatoms. The largest absolute Gasteiger partial charge is 0.493 e. The van der Waals surface area contributed by atoms with Gasteiger partial charge in [0, 0.05) is 18.2 Å². The molecule has 0 saturated carbocycles. The van der Waals surface area contributed by atoms with Gasteiger partial charge in [-0.15, -0.1) is 0 Å². The van der Waals surface area contributed by atoms with E-state index >= 15 is 4.39 Å². The van der Waals surface area contributed by atoms with Gasteiger partial charge in [0.25, 0.3) is 5.91 Å². The summed E-state index contributed by atoms with van der Waals surface area (Å²) < 4.78 is 48.2. The van der Waals surface area contributed by atoms with E-state index in [2.05, 4.69) is 6.58 Å². The fourth-order valence-electron chi connectivity index (χ4n) is 5.42. The molecule has 0 aromatic heterocycles. The third kappa shape index (κ3) is 11.5. The Balaban J connectivity index is 1.90. The van der Waals surface area contributed by atoms with Crippen molar-refractivity contribution >= 4 is 29.6 Å². The maximum absolute atomic E-state index is 15.5. The van der Waals surface area contributed by atoms with Crippen molar-refractivity contribution in [2.24, 2.45) is 5.41 Å². The van der Waals surface area contributed by atoms with Gasteiger partial charge in [0.05, 0.1) is 19.6 Å². The lowest BCUT2D eigenvalue weighted by Crippen LogP contribution is -2.53. The van der Waals surface area contributed by atoms with Crippen molar-refractivity contribution in [1.82, 2.24) is 4.90 Å². The molecule has 2 aromatic rings. The highest BCUT2D eigenvalue weighted by molar-refractivity contribution is 6.38. The molecule has 1 heterocycles. The first-order chi connectivity index (χ1) is 24.0. The first-order valence-corrected chi connectivity index (χ1v) is 16.7. The standard InChI is InChI=1S/C38H48FNO11/c1-9-32(41)49-23-38(5,6)34(43)35(44)40-19-11-10-12-28(40)36(45)50-29(17-13-24-14-18-30(46-7)31(20-24)47-8)26-21-25(15-16-27(26)39)48-22-33(42)51-37(2,3)4/h9,14-16,18,20-21,28-29H,1,10-13,17,19,22-23H2,2-8H3/t28-,29+/m0/s1. The molecular formula is C38H48FNO11. The first kappa shape index (κ1) is 40.5. The molecule has 3 rings (SSSR count). The van der Waals surface area contributed by atoms with Crippen LogP contribution >= 0.6 is 0 Å². The second-order valence-electron chi connectivity index (χ2n) is 13.7. The van der Waals surface area contributed by atoms with Gasteiger partial charge in [-0.2, -0.15) is 0 Å². The molecule has 51 heavy (non-hydrogen) atoms. The van der Waals surface area contributed by atoms with Crippen molar-refractivity contribution < 1.29 is 56.8 Å². The summed E-state index contributed by atoms with van der Waals surface area (Å²) in [6.07, 6.45) is 1.54. The minimum Gasteiger partial charge on any atom is -0.493 e. The highest BCUT2D eigenvalue weighted by Crippen LogP contribution is 2.33. The van der Waals surface area contributed by atoms with Crippen molar-refractivity contribution in [3.05, 3.63) is 66.0 Å². The van der Waals surface area contributed by atoms with Crippen LogP contribution in [0.25, 0.3) is 0 Å². The SMILES string of the molecule is C=CC(=O)OCC(C)(C)C(=O)C(=O)N1CCCC[C@H]1C(=O)O[C@H](CCc1ccc(OC)c(OC)c1)c1cc(OCC(=O)OC(C)(C)C)ccc1F. The average Bonchev–Trinajstić information content (AvgIpc) is 3.10. The Morgan fingerprint density at radius 3 is 2.33 bits per heavy atom. The van der Waals surface area contributed by atoms with Gasteiger partial charge in [-0.05, 0) is 103 Å². The van der Waals surface area contributed by atoms with Gasteiger partial charge in [-0.3, -0.25) is 9.59 Å². The summed E-state index contributed by atoms with van der Waals surface area (Å²) in [5.74, 6) is -3.48. The first-order valence-electron chi connectivity index (χ1n) is 16.7. The van der Waals surface area contributed by atoms with E-state index in [4.69, 9.17) is 28.4 Å². The van der Waals surface area contributed by atoms with E-state index in [1.54, 1.807) is 39.0 Å². The lowest BCUT2D eigenvalue weighted by Gasteiger charge is -2.36. The highest BCUT2D eigenvalue weighted by atomic mass is 19.1. The average molecular weight is 714 g/mol. The summed E-state index contributed by atoms with van der Waals surface area (Å²) in [5, 5.41) is 0. The molecule has 0 radical (unpaired) electrons. The third-order valence-electron chi connectivity index (χ3n) is 8.08. The summed E-state index contributed by atoms with van der Waals surface area (Å²) in [6, 6.07) is 8.01. The minimum atomic E-state index is -1.38. The Hall–Kier alpha value is -4.94. The number of nitrogens with zero attached hydrogens (tertiary/aromatic N) is 1. The van der Waals surface area contributed by atoms with Crippen LogP contribution in [0, 0.1) is 11.2 Å². The summed E-state index contributed by atoms with van der Waals surface area (Å²) in [7, 11) is 3.01. The zero-order chi connectivity index (χ0) is 37.9. The number of aryl methyl sites for hydroxylation is 1. The topological polar surface area (TPSA) is 144 Å². The molecule has 0 N–H and O–H groups in total. The van der Waals surface area contributed by atoms with Crippen molar-refractivity contribution in [3.63, 3.8) is 0 Å². The van der Waals surface area contributed by atoms with Crippen LogP contribution in [0.5, 0.6) is 17.2 Å². The predicted molar refractivity (Wildman–Crippen MR) is 184 cm³/mol. The Kier molecular flexibility index (Phi) is 14.1. The van der Waals surface area contributed by atoms with Gasteiger partial charge < -0.3 is 33.3 Å². The molecule has 1 saturated heterocycles. The normalized spacial score (nSPS) is 15.2. The number of benzene rings is 2. The van der Waals surface area contributed by atoms with E-state index in [9.17, 15) is 24.0 Å². The molecule has 12 nitrogen and oxygen atoms in total. The van der Waals surface area contributed by atoms with Crippen LogP contribution < -0.4 is 14.2 Å². The van der Waals surface area contributed by atoms with Crippen molar-refractivity contribution in [2.45, 2.75) is 84.5 Å². The quantitative estimate of drug-likeness (QED) is 0.0944. The number of ether oxygens (including phenoxy) is 6. The lowest BCUT2D eigenvalue weighted by molar-refractivity contribution is -0.165. The zero-order valence-corrected chi connectivity index (χ0v) is 30.4. The number of methoxy groups -OCH3 is 2. The number of Topliss-reactive ketones (excluding diaryl/α,β-unsaturated/α-hetero) is 1. The van der Waals surface area contributed by atoms with Crippen LogP contribution in [-0.4, -0.2) is 80.1 Å². The Labute approximate surface area is 298 Å². The number of esters is 3. The van der Waals surface area contributed by atoms with Gasteiger partial charge in [0.1, 0.15) is 35.9 Å². The minimum absolute atomic E-state index is 0.0135. The van der Waals surface area contributed by atoms with E-state index in [1.807, 2.05) is 0 Å². The van der Waals surface area contributed by atoms with E-state index < -0.39 is 65.2 Å². The molecule has 1 aliphatic rings. The number of piperidine rings is 1. The summed E-state index contributed by atoms with van der Waals surface area (Å²) in [4.78, 5) is 65.8. The molecule has 2 atom stereocenters. The van der Waals surface area contributed by atoms with Crippen LogP contribution in [0.3, 0.4) is 0 Å². The number of amides is 1. The number of carbonyl (C=O) groups is 5. The van der Waals surface area contributed by atoms with E-state index in [1.165, 1.54) is 45.1 Å². The van der Waals surface area contributed by atoms with Gasteiger partial charge in [0.15, 0.2) is 18.1 Å². The van der Waals surface area contributed by atoms with Crippen molar-refractivity contribution in [1.29, 1.82) is 0 Å². The fourth-order valence-corrected chi connectivity index (χ4v) is 5.42. The predicted octanol–water partition coefficient (Wildman–Crippen LogP) is 5.49. The van der Waals surface area contributed by atoms with E-state index in [-0.39, 0.29) is 37.3 Å². The maximum atomic E-state index is 15.5. The lowest BCUT2D eigenvalue weighted by atomic mass is 9.87. The Morgan fingerprint density at radius 2 is 1.69 bits per heavy atom. The van der Waals surface area contributed by atoms with Gasteiger partial charge in [-0.25, -0.2) is 18.8 Å². The number of carbonyl (C=O) groups excluding carboxylic acids is 5. The summed E-state index contributed by atoms with van der Waals surface area (Å²) >= 11 is 0. The van der Waals surface area contributed by atoms with Gasteiger partial charge in [0.2, 0.25) is 5.78 Å². The Bertz CT molecular complexity index is 1600. The van der Waals surface area contributed by atoms with E-state index in [0.29, 0.717) is 30.8 Å². The van der Waals surface area contributed by atoms with Gasteiger partial charge in [-0.1, -0.05) is 12.6 Å². The number of halogens is 1. The maximum Gasteiger partial charge on any atom is 0.344 e. The number of ketones is 1. The highest BCUT2D eigenvalue weighted by Gasteiger charge is 2.42. The summed E-state index contributed by atoms with van der Waals surface area (Å²) in [5.41, 5.74) is -1.34. The van der Waals surface area contributed by atoms with E-state index in [0.717, 1.165) is 17.7 Å². The molecule has 0 aliphatic carbocycles. The fraction of sp³-hybridized carbons (Fsp3) is 0.500. The van der Waals surface area contributed by atoms with Crippen LogP contribution in [0.4, 0.5) is 4.39 Å². The second-order valence-corrected chi connectivity index (χ2v) is 13.7. The molecular weight excluding hydrogens is 665 g/mol. The smallest absolute Gasteiger partial charge is 0.344 e.